The molecule has 100 valence electrons. The average molecular weight is 246 g/mol. The molecule has 1 aliphatic rings. The third kappa shape index (κ3) is 2.80. The second kappa shape index (κ2) is 5.21. The summed E-state index contributed by atoms with van der Waals surface area (Å²) in [7, 11) is 0. The molecule has 0 aliphatic carbocycles. The molecule has 0 bridgehead atoms. The van der Waals surface area contributed by atoms with Gasteiger partial charge in [0, 0.05) is 24.5 Å². The van der Waals surface area contributed by atoms with Crippen LogP contribution in [-0.4, -0.2) is 13.1 Å². The van der Waals surface area contributed by atoms with Gasteiger partial charge in [0.05, 0.1) is 0 Å². The molecule has 0 spiro atoms. The number of nitrogens with two attached hydrogens (primary N) is 1. The monoisotopic (exact) mass is 246 g/mol. The molecule has 0 amide bonds. The van der Waals surface area contributed by atoms with E-state index in [-0.39, 0.29) is 0 Å². The Labute approximate surface area is 111 Å². The lowest BCUT2D eigenvalue weighted by Gasteiger charge is -2.31. The number of nitrogen functional groups attached to an aromatic ring is 1. The molecule has 2 rings (SSSR count). The van der Waals surface area contributed by atoms with Gasteiger partial charge in [-0.15, -0.1) is 0 Å². The number of hydrogen-bond acceptors (Lipinski definition) is 2. The van der Waals surface area contributed by atoms with Crippen molar-refractivity contribution >= 4 is 11.4 Å². The molecule has 2 heteroatoms. The summed E-state index contributed by atoms with van der Waals surface area (Å²) in [5.41, 5.74) is 8.38. The molecular formula is C16H26N2. The summed E-state index contributed by atoms with van der Waals surface area (Å²) in [5.74, 6) is 0.815. The summed E-state index contributed by atoms with van der Waals surface area (Å²) in [5, 5.41) is 0. The molecule has 1 heterocycles. The Bertz CT molecular complexity index is 381. The minimum absolute atomic E-state index is 0.470. The van der Waals surface area contributed by atoms with E-state index in [0.29, 0.717) is 5.41 Å². The fourth-order valence-corrected chi connectivity index (χ4v) is 3.17. The van der Waals surface area contributed by atoms with Crippen molar-refractivity contribution < 1.29 is 0 Å². The van der Waals surface area contributed by atoms with Crippen molar-refractivity contribution in [1.29, 1.82) is 0 Å². The van der Waals surface area contributed by atoms with Gasteiger partial charge in [-0.25, -0.2) is 0 Å². The summed E-state index contributed by atoms with van der Waals surface area (Å²) in [6, 6.07) is 8.29. The summed E-state index contributed by atoms with van der Waals surface area (Å²) < 4.78 is 0. The first kappa shape index (κ1) is 13.3. The van der Waals surface area contributed by atoms with Crippen molar-refractivity contribution in [3.8, 4) is 0 Å². The van der Waals surface area contributed by atoms with Gasteiger partial charge in [-0.1, -0.05) is 27.2 Å². The molecule has 1 atom stereocenters. The lowest BCUT2D eigenvalue weighted by Crippen LogP contribution is -2.28. The molecule has 1 unspecified atom stereocenters. The third-order valence-electron chi connectivity index (χ3n) is 4.45. The summed E-state index contributed by atoms with van der Waals surface area (Å²) in [6.45, 7) is 9.51. The summed E-state index contributed by atoms with van der Waals surface area (Å²) >= 11 is 0. The van der Waals surface area contributed by atoms with Crippen LogP contribution in [0.1, 0.15) is 40.0 Å². The fourth-order valence-electron chi connectivity index (χ4n) is 3.17. The van der Waals surface area contributed by atoms with Crippen LogP contribution >= 0.6 is 0 Å². The molecule has 1 aromatic rings. The second-order valence-corrected chi connectivity index (χ2v) is 6.26. The Kier molecular flexibility index (Phi) is 3.84. The maximum Gasteiger partial charge on any atom is 0.0367 e. The highest BCUT2D eigenvalue weighted by atomic mass is 15.2. The van der Waals surface area contributed by atoms with Gasteiger partial charge in [-0.05, 0) is 48.4 Å². The first-order chi connectivity index (χ1) is 8.53. The van der Waals surface area contributed by atoms with Gasteiger partial charge < -0.3 is 10.6 Å². The zero-order valence-corrected chi connectivity index (χ0v) is 11.9. The Morgan fingerprint density at radius 3 is 2.56 bits per heavy atom. The van der Waals surface area contributed by atoms with Gasteiger partial charge in [0.1, 0.15) is 0 Å². The summed E-state index contributed by atoms with van der Waals surface area (Å²) in [6.07, 6.45) is 3.93. The number of rotatable bonds is 4. The molecule has 1 saturated heterocycles. The van der Waals surface area contributed by atoms with Crippen LogP contribution in [0.15, 0.2) is 24.3 Å². The van der Waals surface area contributed by atoms with E-state index >= 15 is 0 Å². The lowest BCUT2D eigenvalue weighted by molar-refractivity contribution is 0.211. The SMILES string of the molecule is CCCC(C)(C)C1CCN(c2ccc(N)cc2)C1. The second-order valence-electron chi connectivity index (χ2n) is 6.26. The van der Waals surface area contributed by atoms with Crippen molar-refractivity contribution in [3.05, 3.63) is 24.3 Å². The third-order valence-corrected chi connectivity index (χ3v) is 4.45. The number of benzene rings is 1. The first-order valence-corrected chi connectivity index (χ1v) is 7.13. The number of hydrogen-bond donors (Lipinski definition) is 1. The Morgan fingerprint density at radius 2 is 1.94 bits per heavy atom. The van der Waals surface area contributed by atoms with Crippen LogP contribution in [0.4, 0.5) is 11.4 Å². The van der Waals surface area contributed by atoms with E-state index in [2.05, 4.69) is 37.8 Å². The van der Waals surface area contributed by atoms with Crippen LogP contribution in [0.2, 0.25) is 0 Å². The predicted octanol–water partition coefficient (Wildman–Crippen LogP) is 3.92. The quantitative estimate of drug-likeness (QED) is 0.816. The molecule has 1 fully saturated rings. The largest absolute Gasteiger partial charge is 0.399 e. The zero-order valence-electron chi connectivity index (χ0n) is 11.9. The average Bonchev–Trinajstić information content (AvgIpc) is 2.80. The Hall–Kier alpha value is -1.18. The molecule has 0 aromatic heterocycles. The van der Waals surface area contributed by atoms with Crippen LogP contribution in [0.3, 0.4) is 0 Å². The van der Waals surface area contributed by atoms with E-state index in [1.165, 1.54) is 38.0 Å². The van der Waals surface area contributed by atoms with Gasteiger partial charge in [0.15, 0.2) is 0 Å². The minimum Gasteiger partial charge on any atom is -0.399 e. The van der Waals surface area contributed by atoms with Crippen LogP contribution in [0, 0.1) is 11.3 Å². The van der Waals surface area contributed by atoms with Crippen molar-refractivity contribution in [2.24, 2.45) is 11.3 Å². The van der Waals surface area contributed by atoms with E-state index in [1.54, 1.807) is 0 Å². The minimum atomic E-state index is 0.470. The molecule has 0 saturated carbocycles. The highest BCUT2D eigenvalue weighted by Crippen LogP contribution is 2.39. The standard InChI is InChI=1S/C16H26N2/c1-4-10-16(2,3)13-9-11-18(12-13)15-7-5-14(17)6-8-15/h5-8,13H,4,9-12,17H2,1-3H3. The zero-order chi connectivity index (χ0) is 13.2. The van der Waals surface area contributed by atoms with Gasteiger partial charge in [0.2, 0.25) is 0 Å². The number of nitrogens with zero attached hydrogens (tertiary/aromatic N) is 1. The topological polar surface area (TPSA) is 29.3 Å². The van der Waals surface area contributed by atoms with Crippen molar-refractivity contribution in [2.75, 3.05) is 23.7 Å². The summed E-state index contributed by atoms with van der Waals surface area (Å²) in [4.78, 5) is 2.50. The molecule has 1 aromatic carbocycles. The molecular weight excluding hydrogens is 220 g/mol. The van der Waals surface area contributed by atoms with E-state index in [9.17, 15) is 0 Å². The van der Waals surface area contributed by atoms with Crippen molar-refractivity contribution in [3.63, 3.8) is 0 Å². The molecule has 18 heavy (non-hydrogen) atoms. The van der Waals surface area contributed by atoms with Crippen LogP contribution < -0.4 is 10.6 Å². The maximum atomic E-state index is 5.74. The van der Waals surface area contributed by atoms with Gasteiger partial charge >= 0.3 is 0 Å². The van der Waals surface area contributed by atoms with Crippen molar-refractivity contribution in [2.45, 2.75) is 40.0 Å². The van der Waals surface area contributed by atoms with E-state index in [4.69, 9.17) is 5.73 Å². The van der Waals surface area contributed by atoms with Gasteiger partial charge in [-0.3, -0.25) is 0 Å². The van der Waals surface area contributed by atoms with Crippen LogP contribution in [0.25, 0.3) is 0 Å². The Balaban J connectivity index is 2.02. The normalized spacial score (nSPS) is 20.4. The van der Waals surface area contributed by atoms with E-state index < -0.39 is 0 Å². The smallest absolute Gasteiger partial charge is 0.0367 e. The molecule has 0 radical (unpaired) electrons. The highest BCUT2D eigenvalue weighted by Gasteiger charge is 2.34. The molecule has 2 nitrogen and oxygen atoms in total. The van der Waals surface area contributed by atoms with Crippen LogP contribution in [-0.2, 0) is 0 Å². The van der Waals surface area contributed by atoms with Crippen LogP contribution in [0.5, 0.6) is 0 Å². The number of anilines is 2. The van der Waals surface area contributed by atoms with Gasteiger partial charge in [0.25, 0.3) is 0 Å². The molecule has 1 aliphatic heterocycles. The predicted molar refractivity (Wildman–Crippen MR) is 79.9 cm³/mol. The highest BCUT2D eigenvalue weighted by molar-refractivity contribution is 5.53. The van der Waals surface area contributed by atoms with Gasteiger partial charge in [-0.2, -0.15) is 0 Å². The van der Waals surface area contributed by atoms with E-state index in [1.807, 2.05) is 12.1 Å². The van der Waals surface area contributed by atoms with E-state index in [0.717, 1.165) is 11.6 Å². The van der Waals surface area contributed by atoms with Crippen molar-refractivity contribution in [1.82, 2.24) is 0 Å². The Morgan fingerprint density at radius 1 is 1.28 bits per heavy atom. The first-order valence-electron chi connectivity index (χ1n) is 7.13. The maximum absolute atomic E-state index is 5.74. The fraction of sp³-hybridized carbons (Fsp3) is 0.625. The molecule has 2 N–H and O–H groups in total. The lowest BCUT2D eigenvalue weighted by atomic mass is 9.75.